The standard InChI is InChI=1S/C11H11NO/c1-3-6-11-12(2)9-7-4-5-8-10(9)13-11/h3-8H,1H2,2H3. The van der Waals surface area contributed by atoms with Crippen molar-refractivity contribution in [3.8, 4) is 5.75 Å². The lowest BCUT2D eigenvalue weighted by atomic mass is 10.3. The summed E-state index contributed by atoms with van der Waals surface area (Å²) in [7, 11) is 1.97. The molecule has 0 saturated carbocycles. The molecule has 2 nitrogen and oxygen atoms in total. The molecule has 0 saturated heterocycles. The number of benzene rings is 1. The summed E-state index contributed by atoms with van der Waals surface area (Å²) in [6.07, 6.45) is 3.57. The minimum atomic E-state index is 0.816. The van der Waals surface area contributed by atoms with Crippen LogP contribution in [0.5, 0.6) is 5.75 Å². The Balaban J connectivity index is 2.43. The van der Waals surface area contributed by atoms with Crippen LogP contribution in [-0.2, 0) is 0 Å². The Morgan fingerprint density at radius 3 is 2.85 bits per heavy atom. The molecule has 66 valence electrons. The van der Waals surface area contributed by atoms with E-state index in [0.29, 0.717) is 0 Å². The molecule has 1 aliphatic heterocycles. The number of hydrogen-bond donors (Lipinski definition) is 0. The Kier molecular flexibility index (Phi) is 1.81. The molecule has 0 unspecified atom stereocenters. The van der Waals surface area contributed by atoms with Gasteiger partial charge in [-0.05, 0) is 18.2 Å². The fraction of sp³-hybridized carbons (Fsp3) is 0.0909. The molecule has 2 heteroatoms. The highest BCUT2D eigenvalue weighted by Crippen LogP contribution is 2.36. The van der Waals surface area contributed by atoms with Gasteiger partial charge in [0.25, 0.3) is 0 Å². The molecule has 1 aromatic rings. The number of para-hydroxylation sites is 2. The molecule has 0 fully saturated rings. The predicted octanol–water partition coefficient (Wildman–Crippen LogP) is 2.54. The Labute approximate surface area is 77.7 Å². The van der Waals surface area contributed by atoms with E-state index in [4.69, 9.17) is 4.74 Å². The van der Waals surface area contributed by atoms with Gasteiger partial charge < -0.3 is 9.64 Å². The fourth-order valence-electron chi connectivity index (χ4n) is 1.37. The van der Waals surface area contributed by atoms with Crippen LogP contribution in [0, 0.1) is 0 Å². The lowest BCUT2D eigenvalue weighted by Gasteiger charge is -2.09. The van der Waals surface area contributed by atoms with E-state index in [1.165, 1.54) is 0 Å². The van der Waals surface area contributed by atoms with E-state index in [1.54, 1.807) is 6.08 Å². The molecular weight excluding hydrogens is 162 g/mol. The van der Waals surface area contributed by atoms with Crippen LogP contribution in [0.4, 0.5) is 5.69 Å². The van der Waals surface area contributed by atoms with E-state index >= 15 is 0 Å². The molecule has 2 rings (SSSR count). The summed E-state index contributed by atoms with van der Waals surface area (Å²) in [5.41, 5.74) is 1.09. The first-order chi connectivity index (χ1) is 6.33. The Morgan fingerprint density at radius 1 is 1.38 bits per heavy atom. The zero-order chi connectivity index (χ0) is 9.26. The van der Waals surface area contributed by atoms with E-state index in [1.807, 2.05) is 42.3 Å². The third-order valence-electron chi connectivity index (χ3n) is 2.03. The molecule has 1 aliphatic rings. The molecule has 0 N–H and O–H groups in total. The minimum Gasteiger partial charge on any atom is -0.439 e. The van der Waals surface area contributed by atoms with E-state index in [9.17, 15) is 0 Å². The van der Waals surface area contributed by atoms with Gasteiger partial charge in [0.05, 0.1) is 5.69 Å². The van der Waals surface area contributed by atoms with Crippen molar-refractivity contribution in [1.29, 1.82) is 0 Å². The molecule has 0 amide bonds. The van der Waals surface area contributed by atoms with Crippen molar-refractivity contribution in [2.24, 2.45) is 0 Å². The van der Waals surface area contributed by atoms with Crippen molar-refractivity contribution in [3.63, 3.8) is 0 Å². The van der Waals surface area contributed by atoms with Crippen molar-refractivity contribution in [3.05, 3.63) is 48.9 Å². The van der Waals surface area contributed by atoms with Crippen LogP contribution in [0.1, 0.15) is 0 Å². The summed E-state index contributed by atoms with van der Waals surface area (Å²) in [5, 5.41) is 0. The first kappa shape index (κ1) is 7.92. The fourth-order valence-corrected chi connectivity index (χ4v) is 1.37. The van der Waals surface area contributed by atoms with Crippen molar-refractivity contribution >= 4 is 5.69 Å². The van der Waals surface area contributed by atoms with Crippen LogP contribution in [0.3, 0.4) is 0 Å². The van der Waals surface area contributed by atoms with Gasteiger partial charge in [0.15, 0.2) is 11.6 Å². The van der Waals surface area contributed by atoms with Crippen molar-refractivity contribution < 1.29 is 4.74 Å². The second kappa shape index (κ2) is 2.98. The molecule has 0 bridgehead atoms. The summed E-state index contributed by atoms with van der Waals surface area (Å²) in [6, 6.07) is 7.94. The van der Waals surface area contributed by atoms with Gasteiger partial charge in [-0.25, -0.2) is 0 Å². The summed E-state index contributed by atoms with van der Waals surface area (Å²) in [4.78, 5) is 2.00. The van der Waals surface area contributed by atoms with E-state index < -0.39 is 0 Å². The maximum absolute atomic E-state index is 5.58. The zero-order valence-corrected chi connectivity index (χ0v) is 7.53. The van der Waals surface area contributed by atoms with Gasteiger partial charge >= 0.3 is 0 Å². The van der Waals surface area contributed by atoms with Crippen molar-refractivity contribution in [1.82, 2.24) is 0 Å². The van der Waals surface area contributed by atoms with Crippen LogP contribution < -0.4 is 9.64 Å². The number of fused-ring (bicyclic) bond motifs is 1. The quantitative estimate of drug-likeness (QED) is 0.647. The Hall–Kier alpha value is -1.70. The molecule has 0 aromatic heterocycles. The molecule has 1 aromatic carbocycles. The summed E-state index contributed by atoms with van der Waals surface area (Å²) in [5.74, 6) is 1.72. The first-order valence-corrected chi connectivity index (χ1v) is 4.16. The van der Waals surface area contributed by atoms with Crippen LogP contribution in [0.15, 0.2) is 48.9 Å². The first-order valence-electron chi connectivity index (χ1n) is 4.16. The second-order valence-electron chi connectivity index (χ2n) is 2.87. The van der Waals surface area contributed by atoms with Gasteiger partial charge in [0, 0.05) is 7.05 Å². The summed E-state index contributed by atoms with van der Waals surface area (Å²) < 4.78 is 5.58. The lowest BCUT2D eigenvalue weighted by Crippen LogP contribution is -2.12. The molecule has 0 aliphatic carbocycles. The van der Waals surface area contributed by atoms with Gasteiger partial charge in [0.2, 0.25) is 0 Å². The lowest BCUT2D eigenvalue weighted by molar-refractivity contribution is 0.444. The number of ether oxygens (including phenoxy) is 1. The molecule has 0 radical (unpaired) electrons. The molecule has 13 heavy (non-hydrogen) atoms. The normalized spacial score (nSPS) is 17.0. The highest BCUT2D eigenvalue weighted by Gasteiger charge is 2.20. The van der Waals surface area contributed by atoms with Crippen LogP contribution in [0.2, 0.25) is 0 Å². The van der Waals surface area contributed by atoms with Crippen molar-refractivity contribution in [2.75, 3.05) is 11.9 Å². The summed E-state index contributed by atoms with van der Waals surface area (Å²) in [6.45, 7) is 3.64. The minimum absolute atomic E-state index is 0.816. The molecule has 0 spiro atoms. The maximum Gasteiger partial charge on any atom is 0.200 e. The number of allylic oxidation sites excluding steroid dienone is 2. The number of anilines is 1. The predicted molar refractivity (Wildman–Crippen MR) is 53.8 cm³/mol. The van der Waals surface area contributed by atoms with Gasteiger partial charge in [0.1, 0.15) is 0 Å². The highest BCUT2D eigenvalue weighted by molar-refractivity contribution is 5.65. The second-order valence-corrected chi connectivity index (χ2v) is 2.87. The molecule has 1 heterocycles. The SMILES string of the molecule is C=CC=C1Oc2ccccc2N1C. The van der Waals surface area contributed by atoms with E-state index in [2.05, 4.69) is 6.58 Å². The number of hydrogen-bond acceptors (Lipinski definition) is 2. The smallest absolute Gasteiger partial charge is 0.200 e. The van der Waals surface area contributed by atoms with E-state index in [-0.39, 0.29) is 0 Å². The largest absolute Gasteiger partial charge is 0.439 e. The number of nitrogens with zero attached hydrogens (tertiary/aromatic N) is 1. The molecule has 0 atom stereocenters. The third kappa shape index (κ3) is 1.20. The summed E-state index contributed by atoms with van der Waals surface area (Å²) >= 11 is 0. The monoisotopic (exact) mass is 173 g/mol. The topological polar surface area (TPSA) is 12.5 Å². The van der Waals surface area contributed by atoms with E-state index in [0.717, 1.165) is 17.3 Å². The van der Waals surface area contributed by atoms with Gasteiger partial charge in [-0.15, -0.1) is 0 Å². The third-order valence-corrected chi connectivity index (χ3v) is 2.03. The maximum atomic E-state index is 5.58. The van der Waals surface area contributed by atoms with Gasteiger partial charge in [-0.2, -0.15) is 0 Å². The Bertz CT molecular complexity index is 368. The average Bonchev–Trinajstić information content (AvgIpc) is 2.46. The highest BCUT2D eigenvalue weighted by atomic mass is 16.5. The molecular formula is C11H11NO. The van der Waals surface area contributed by atoms with Crippen LogP contribution >= 0.6 is 0 Å². The van der Waals surface area contributed by atoms with Crippen molar-refractivity contribution in [2.45, 2.75) is 0 Å². The van der Waals surface area contributed by atoms with Crippen LogP contribution in [-0.4, -0.2) is 7.05 Å². The van der Waals surface area contributed by atoms with Gasteiger partial charge in [-0.3, -0.25) is 0 Å². The van der Waals surface area contributed by atoms with Gasteiger partial charge in [-0.1, -0.05) is 24.8 Å². The van der Waals surface area contributed by atoms with Crippen LogP contribution in [0.25, 0.3) is 0 Å². The zero-order valence-electron chi connectivity index (χ0n) is 7.53. The average molecular weight is 173 g/mol. The Morgan fingerprint density at radius 2 is 2.15 bits per heavy atom. The number of rotatable bonds is 1.